The molecule has 1 amide bonds. The van der Waals surface area contributed by atoms with Crippen LogP contribution in [-0.4, -0.2) is 35.2 Å². The maximum atomic E-state index is 12.2. The third-order valence-corrected chi connectivity index (χ3v) is 3.94. The Balaban J connectivity index is 2.61. The maximum absolute atomic E-state index is 12.2. The summed E-state index contributed by atoms with van der Waals surface area (Å²) in [6, 6.07) is 9.75. The van der Waals surface area contributed by atoms with Gasteiger partial charge in [0.1, 0.15) is 0 Å². The molecule has 3 nitrogen and oxygen atoms in total. The van der Waals surface area contributed by atoms with Crippen LogP contribution in [0, 0.1) is 0 Å². The number of thioether (sulfide) groups is 1. The average molecular weight is 281 g/mol. The molecule has 19 heavy (non-hydrogen) atoms. The highest BCUT2D eigenvalue weighted by atomic mass is 32.2. The predicted octanol–water partition coefficient (Wildman–Crippen LogP) is 2.41. The standard InChI is InChI=1S/C15H23NO2S/c1-4-13(12-8-6-5-7-9-12)14(17)16-10-15(2,18)11-19-3/h5-9,13,18H,4,10-11H2,1-3H3,(H,16,17). The SMILES string of the molecule is CCC(C(=O)NCC(C)(O)CSC)c1ccccc1. The van der Waals surface area contributed by atoms with E-state index >= 15 is 0 Å². The van der Waals surface area contributed by atoms with Gasteiger partial charge in [-0.15, -0.1) is 0 Å². The maximum Gasteiger partial charge on any atom is 0.227 e. The second kappa shape index (κ2) is 7.56. The van der Waals surface area contributed by atoms with Gasteiger partial charge in [-0.3, -0.25) is 4.79 Å². The van der Waals surface area contributed by atoms with Gasteiger partial charge in [0.25, 0.3) is 0 Å². The zero-order valence-corrected chi connectivity index (χ0v) is 12.7. The van der Waals surface area contributed by atoms with Crippen molar-refractivity contribution in [1.82, 2.24) is 5.32 Å². The van der Waals surface area contributed by atoms with Crippen molar-refractivity contribution in [3.63, 3.8) is 0 Å². The van der Waals surface area contributed by atoms with Crippen LogP contribution >= 0.6 is 11.8 Å². The molecule has 0 heterocycles. The fourth-order valence-electron chi connectivity index (χ4n) is 2.02. The summed E-state index contributed by atoms with van der Waals surface area (Å²) in [4.78, 5) is 12.2. The van der Waals surface area contributed by atoms with E-state index in [0.29, 0.717) is 5.75 Å². The fourth-order valence-corrected chi connectivity index (χ4v) is 2.74. The highest BCUT2D eigenvalue weighted by Gasteiger charge is 2.23. The number of carbonyl (C=O) groups is 1. The fraction of sp³-hybridized carbons (Fsp3) is 0.533. The first-order valence-corrected chi connectivity index (χ1v) is 7.93. The topological polar surface area (TPSA) is 49.3 Å². The molecule has 1 aromatic rings. The lowest BCUT2D eigenvalue weighted by Crippen LogP contribution is -2.43. The van der Waals surface area contributed by atoms with E-state index in [1.807, 2.05) is 43.5 Å². The smallest absolute Gasteiger partial charge is 0.227 e. The Morgan fingerprint density at radius 1 is 1.42 bits per heavy atom. The van der Waals surface area contributed by atoms with Crippen LogP contribution in [0.25, 0.3) is 0 Å². The molecule has 0 spiro atoms. The van der Waals surface area contributed by atoms with Crippen molar-refractivity contribution in [2.45, 2.75) is 31.8 Å². The summed E-state index contributed by atoms with van der Waals surface area (Å²) in [6.07, 6.45) is 2.69. The quantitative estimate of drug-likeness (QED) is 0.807. The first-order valence-electron chi connectivity index (χ1n) is 6.54. The Kier molecular flexibility index (Phi) is 6.38. The number of hydrogen-bond acceptors (Lipinski definition) is 3. The van der Waals surface area contributed by atoms with Crippen molar-refractivity contribution in [3.8, 4) is 0 Å². The number of benzene rings is 1. The number of aliphatic hydroxyl groups is 1. The lowest BCUT2D eigenvalue weighted by Gasteiger charge is -2.24. The zero-order chi connectivity index (χ0) is 14.3. The molecule has 1 aromatic carbocycles. The predicted molar refractivity (Wildman–Crippen MR) is 81.5 cm³/mol. The summed E-state index contributed by atoms with van der Waals surface area (Å²) in [7, 11) is 0. The van der Waals surface area contributed by atoms with Crippen LogP contribution in [0.3, 0.4) is 0 Å². The molecule has 0 bridgehead atoms. The van der Waals surface area contributed by atoms with Crippen LogP contribution in [0.4, 0.5) is 0 Å². The highest BCUT2D eigenvalue weighted by Crippen LogP contribution is 2.19. The Morgan fingerprint density at radius 3 is 2.58 bits per heavy atom. The molecule has 4 heteroatoms. The summed E-state index contributed by atoms with van der Waals surface area (Å²) in [6.45, 7) is 4.03. The molecule has 0 aliphatic rings. The monoisotopic (exact) mass is 281 g/mol. The average Bonchev–Trinajstić information content (AvgIpc) is 2.39. The molecule has 2 N–H and O–H groups in total. The van der Waals surface area contributed by atoms with E-state index in [1.54, 1.807) is 18.7 Å². The minimum Gasteiger partial charge on any atom is -0.387 e. The first-order chi connectivity index (χ1) is 9.00. The van der Waals surface area contributed by atoms with Gasteiger partial charge in [0.15, 0.2) is 0 Å². The molecule has 106 valence electrons. The van der Waals surface area contributed by atoms with Crippen LogP contribution in [-0.2, 0) is 4.79 Å². The molecule has 0 aromatic heterocycles. The molecular formula is C15H23NO2S. The summed E-state index contributed by atoms with van der Waals surface area (Å²) < 4.78 is 0. The minimum absolute atomic E-state index is 0.0184. The van der Waals surface area contributed by atoms with E-state index < -0.39 is 5.60 Å². The van der Waals surface area contributed by atoms with E-state index in [0.717, 1.165) is 12.0 Å². The van der Waals surface area contributed by atoms with Crippen molar-refractivity contribution >= 4 is 17.7 Å². The number of rotatable bonds is 7. The van der Waals surface area contributed by atoms with Gasteiger partial charge in [0.2, 0.25) is 5.91 Å². The molecule has 0 aliphatic heterocycles. The van der Waals surface area contributed by atoms with Gasteiger partial charge >= 0.3 is 0 Å². The Hall–Kier alpha value is -1.00. The molecule has 0 saturated carbocycles. The number of amides is 1. The summed E-state index contributed by atoms with van der Waals surface area (Å²) in [5.41, 5.74) is 0.163. The van der Waals surface area contributed by atoms with Crippen molar-refractivity contribution in [2.24, 2.45) is 0 Å². The van der Waals surface area contributed by atoms with Gasteiger partial charge in [0, 0.05) is 12.3 Å². The Labute approximate surface area is 119 Å². The number of carbonyl (C=O) groups excluding carboxylic acids is 1. The lowest BCUT2D eigenvalue weighted by molar-refractivity contribution is -0.123. The molecule has 2 atom stereocenters. The van der Waals surface area contributed by atoms with Gasteiger partial charge in [-0.2, -0.15) is 11.8 Å². The van der Waals surface area contributed by atoms with Crippen LogP contribution < -0.4 is 5.32 Å². The van der Waals surface area contributed by atoms with Gasteiger partial charge in [-0.05, 0) is 25.2 Å². The van der Waals surface area contributed by atoms with Gasteiger partial charge in [-0.1, -0.05) is 37.3 Å². The van der Waals surface area contributed by atoms with E-state index in [9.17, 15) is 9.90 Å². The third kappa shape index (κ3) is 5.25. The summed E-state index contributed by atoms with van der Waals surface area (Å²) in [5.74, 6) is 0.441. The van der Waals surface area contributed by atoms with Crippen LogP contribution in [0.5, 0.6) is 0 Å². The largest absolute Gasteiger partial charge is 0.387 e. The second-order valence-corrected chi connectivity index (χ2v) is 5.89. The molecule has 0 saturated heterocycles. The molecule has 1 rings (SSSR count). The van der Waals surface area contributed by atoms with Crippen LogP contribution in [0.15, 0.2) is 30.3 Å². The summed E-state index contributed by atoms with van der Waals surface area (Å²) in [5, 5.41) is 12.9. The van der Waals surface area contributed by atoms with Crippen molar-refractivity contribution in [3.05, 3.63) is 35.9 Å². The molecular weight excluding hydrogens is 258 g/mol. The molecule has 2 unspecified atom stereocenters. The molecule has 0 aliphatic carbocycles. The lowest BCUT2D eigenvalue weighted by atomic mass is 9.95. The number of hydrogen-bond donors (Lipinski definition) is 2. The van der Waals surface area contributed by atoms with E-state index in [2.05, 4.69) is 5.32 Å². The third-order valence-electron chi connectivity index (χ3n) is 3.03. The van der Waals surface area contributed by atoms with E-state index in [1.165, 1.54) is 0 Å². The minimum atomic E-state index is -0.857. The zero-order valence-electron chi connectivity index (χ0n) is 11.8. The number of nitrogens with one attached hydrogen (secondary N) is 1. The van der Waals surface area contributed by atoms with Crippen LogP contribution in [0.2, 0.25) is 0 Å². The van der Waals surface area contributed by atoms with Gasteiger partial charge < -0.3 is 10.4 Å². The van der Waals surface area contributed by atoms with Crippen molar-refractivity contribution in [1.29, 1.82) is 0 Å². The van der Waals surface area contributed by atoms with Crippen molar-refractivity contribution in [2.75, 3.05) is 18.6 Å². The van der Waals surface area contributed by atoms with E-state index in [-0.39, 0.29) is 18.4 Å². The van der Waals surface area contributed by atoms with Gasteiger partial charge in [0.05, 0.1) is 11.5 Å². The van der Waals surface area contributed by atoms with E-state index in [4.69, 9.17) is 0 Å². The van der Waals surface area contributed by atoms with Crippen LogP contribution in [0.1, 0.15) is 31.7 Å². The second-order valence-electron chi connectivity index (χ2n) is 5.02. The van der Waals surface area contributed by atoms with Crippen molar-refractivity contribution < 1.29 is 9.90 Å². The highest BCUT2D eigenvalue weighted by molar-refractivity contribution is 7.98. The first kappa shape index (κ1) is 16.1. The Morgan fingerprint density at radius 2 is 2.05 bits per heavy atom. The molecule has 0 fully saturated rings. The Bertz CT molecular complexity index is 392. The van der Waals surface area contributed by atoms with Gasteiger partial charge in [-0.25, -0.2) is 0 Å². The summed E-state index contributed by atoms with van der Waals surface area (Å²) >= 11 is 1.57. The normalized spacial score (nSPS) is 15.6. The molecule has 0 radical (unpaired) electrons.